The molecule has 3 rings (SSSR count). The van der Waals surface area contributed by atoms with Crippen LogP contribution in [0.25, 0.3) is 0 Å². The number of benzene rings is 3. The largest absolute Gasteiger partial charge is 0.573 e. The Morgan fingerprint density at radius 2 is 1.57 bits per heavy atom. The molecule has 0 saturated carbocycles. The number of amides is 1. The SMILES string of the molecule is CSc1cc(NC(=O)c2cc(Cl)c(C(F)(F)F)cc2Oc2ccc(OC(F)(F)F)cc2)ccc1F. The minimum atomic E-state index is -4.94. The Morgan fingerprint density at radius 3 is 2.14 bits per heavy atom. The molecule has 1 amide bonds. The van der Waals surface area contributed by atoms with Crippen LogP contribution in [0.15, 0.2) is 59.5 Å². The fourth-order valence-corrected chi connectivity index (χ4v) is 3.58. The first-order valence-corrected chi connectivity index (χ1v) is 11.0. The molecule has 0 aliphatic heterocycles. The highest BCUT2D eigenvalue weighted by molar-refractivity contribution is 7.98. The van der Waals surface area contributed by atoms with Crippen molar-refractivity contribution in [2.75, 3.05) is 11.6 Å². The van der Waals surface area contributed by atoms with E-state index in [9.17, 15) is 35.5 Å². The maximum Gasteiger partial charge on any atom is 0.573 e. The average Bonchev–Trinajstić information content (AvgIpc) is 2.75. The topological polar surface area (TPSA) is 47.6 Å². The summed E-state index contributed by atoms with van der Waals surface area (Å²) in [7, 11) is 0. The molecule has 3 aromatic carbocycles. The average molecular weight is 540 g/mol. The fraction of sp³-hybridized carbons (Fsp3) is 0.136. The molecule has 1 N–H and O–H groups in total. The van der Waals surface area contributed by atoms with Gasteiger partial charge < -0.3 is 14.8 Å². The summed E-state index contributed by atoms with van der Waals surface area (Å²) in [6.45, 7) is 0. The third-order valence-electron chi connectivity index (χ3n) is 4.31. The molecule has 186 valence electrons. The molecule has 35 heavy (non-hydrogen) atoms. The molecule has 0 bridgehead atoms. The Labute approximate surface area is 203 Å². The number of alkyl halides is 6. The van der Waals surface area contributed by atoms with Crippen molar-refractivity contribution in [2.24, 2.45) is 0 Å². The summed E-state index contributed by atoms with van der Waals surface area (Å²) < 4.78 is 100.0. The Balaban J connectivity index is 1.97. The molecule has 0 spiro atoms. The lowest BCUT2D eigenvalue weighted by atomic mass is 10.1. The van der Waals surface area contributed by atoms with E-state index in [-0.39, 0.29) is 16.3 Å². The third kappa shape index (κ3) is 6.95. The van der Waals surface area contributed by atoms with Crippen molar-refractivity contribution < 1.29 is 45.0 Å². The van der Waals surface area contributed by atoms with E-state index in [1.54, 1.807) is 6.26 Å². The number of halogens is 8. The lowest BCUT2D eigenvalue weighted by Crippen LogP contribution is -2.17. The van der Waals surface area contributed by atoms with Gasteiger partial charge in [-0.05, 0) is 60.9 Å². The number of carbonyl (C=O) groups excluding carboxylic acids is 1. The summed E-state index contributed by atoms with van der Waals surface area (Å²) in [5, 5.41) is 1.64. The molecule has 0 fully saturated rings. The van der Waals surface area contributed by atoms with Crippen LogP contribution in [0.2, 0.25) is 5.02 Å². The highest BCUT2D eigenvalue weighted by atomic mass is 35.5. The molecule has 0 aromatic heterocycles. The zero-order valence-electron chi connectivity index (χ0n) is 17.4. The van der Waals surface area contributed by atoms with Crippen LogP contribution in [0, 0.1) is 5.82 Å². The minimum Gasteiger partial charge on any atom is -0.457 e. The van der Waals surface area contributed by atoms with Crippen LogP contribution in [0.1, 0.15) is 15.9 Å². The van der Waals surface area contributed by atoms with Crippen molar-refractivity contribution in [2.45, 2.75) is 17.4 Å². The molecule has 4 nitrogen and oxygen atoms in total. The maximum atomic E-state index is 13.7. The lowest BCUT2D eigenvalue weighted by Gasteiger charge is -2.16. The van der Waals surface area contributed by atoms with Crippen molar-refractivity contribution in [1.29, 1.82) is 0 Å². The molecule has 0 radical (unpaired) electrons. The van der Waals surface area contributed by atoms with E-state index < -0.39 is 51.9 Å². The predicted octanol–water partition coefficient (Wildman–Crippen LogP) is 8.16. The second-order valence-electron chi connectivity index (χ2n) is 6.75. The third-order valence-corrected chi connectivity index (χ3v) is 5.38. The highest BCUT2D eigenvalue weighted by Crippen LogP contribution is 2.40. The standard InChI is InChI=1S/C22H13ClF7NO3S/c1-35-19-8-11(2-7-17(19)24)31-20(32)14-9-16(23)15(21(25,26)27)10-18(14)33-12-3-5-13(6-4-12)34-22(28,29)30/h2-10H,1H3,(H,31,32). The molecule has 0 aliphatic rings. The van der Waals surface area contributed by atoms with Crippen molar-refractivity contribution in [3.63, 3.8) is 0 Å². The number of hydrogen-bond donors (Lipinski definition) is 1. The van der Waals surface area contributed by atoms with Gasteiger partial charge in [0.05, 0.1) is 16.1 Å². The van der Waals surface area contributed by atoms with E-state index in [2.05, 4.69) is 10.1 Å². The van der Waals surface area contributed by atoms with Gasteiger partial charge in [-0.2, -0.15) is 13.2 Å². The van der Waals surface area contributed by atoms with Gasteiger partial charge in [0, 0.05) is 10.6 Å². The van der Waals surface area contributed by atoms with Gasteiger partial charge >= 0.3 is 12.5 Å². The van der Waals surface area contributed by atoms with E-state index >= 15 is 0 Å². The van der Waals surface area contributed by atoms with Gasteiger partial charge in [-0.3, -0.25) is 4.79 Å². The van der Waals surface area contributed by atoms with E-state index in [1.807, 2.05) is 0 Å². The van der Waals surface area contributed by atoms with Gasteiger partial charge in [0.1, 0.15) is 23.1 Å². The number of nitrogens with one attached hydrogen (secondary N) is 1. The zero-order valence-corrected chi connectivity index (χ0v) is 18.9. The smallest absolute Gasteiger partial charge is 0.457 e. The van der Waals surface area contributed by atoms with E-state index in [1.165, 1.54) is 12.1 Å². The normalized spacial score (nSPS) is 11.8. The van der Waals surface area contributed by atoms with Gasteiger partial charge in [0.2, 0.25) is 0 Å². The Bertz CT molecular complexity index is 1230. The summed E-state index contributed by atoms with van der Waals surface area (Å²) in [6, 6.07) is 8.69. The molecule has 0 saturated heterocycles. The first kappa shape index (κ1) is 26.5. The molecule has 13 heteroatoms. The van der Waals surface area contributed by atoms with E-state index in [0.29, 0.717) is 6.07 Å². The van der Waals surface area contributed by atoms with Crippen LogP contribution in [-0.2, 0) is 6.18 Å². The monoisotopic (exact) mass is 539 g/mol. The van der Waals surface area contributed by atoms with Gasteiger partial charge in [0.25, 0.3) is 5.91 Å². The highest BCUT2D eigenvalue weighted by Gasteiger charge is 2.35. The molecular formula is C22H13ClF7NO3S. The van der Waals surface area contributed by atoms with Crippen molar-refractivity contribution in [3.05, 3.63) is 76.6 Å². The van der Waals surface area contributed by atoms with Crippen LogP contribution >= 0.6 is 23.4 Å². The summed E-state index contributed by atoms with van der Waals surface area (Å²) in [5.74, 6) is -2.80. The number of ether oxygens (including phenoxy) is 2. The van der Waals surface area contributed by atoms with Crippen LogP contribution in [-0.4, -0.2) is 18.5 Å². The number of carbonyl (C=O) groups is 1. The zero-order chi connectivity index (χ0) is 26.0. The van der Waals surface area contributed by atoms with Crippen LogP contribution in [0.4, 0.5) is 36.4 Å². The molecule has 3 aromatic rings. The second kappa shape index (κ2) is 10.2. The van der Waals surface area contributed by atoms with Crippen molar-refractivity contribution >= 4 is 35.0 Å². The van der Waals surface area contributed by atoms with E-state index in [4.69, 9.17) is 16.3 Å². The van der Waals surface area contributed by atoms with Gasteiger partial charge in [-0.15, -0.1) is 24.9 Å². The molecule has 0 unspecified atom stereocenters. The maximum absolute atomic E-state index is 13.7. The summed E-state index contributed by atoms with van der Waals surface area (Å²) >= 11 is 6.83. The first-order valence-electron chi connectivity index (χ1n) is 9.36. The van der Waals surface area contributed by atoms with Crippen LogP contribution in [0.5, 0.6) is 17.2 Å². The molecule has 0 atom stereocenters. The summed E-state index contributed by atoms with van der Waals surface area (Å²) in [5.41, 5.74) is -1.56. The first-order chi connectivity index (χ1) is 16.3. The Hall–Kier alpha value is -3.12. The number of thioether (sulfide) groups is 1. The van der Waals surface area contributed by atoms with Gasteiger partial charge in [-0.25, -0.2) is 4.39 Å². The number of rotatable bonds is 6. The fourth-order valence-electron chi connectivity index (χ4n) is 2.80. The summed E-state index contributed by atoms with van der Waals surface area (Å²) in [4.78, 5) is 13.1. The van der Waals surface area contributed by atoms with Gasteiger partial charge in [-0.1, -0.05) is 11.6 Å². The second-order valence-corrected chi connectivity index (χ2v) is 8.01. The van der Waals surface area contributed by atoms with Crippen molar-refractivity contribution in [3.8, 4) is 17.2 Å². The summed E-state index contributed by atoms with van der Waals surface area (Å²) in [6.07, 6.45) is -8.22. The minimum absolute atomic E-state index is 0.149. The molecule has 0 heterocycles. The quantitative estimate of drug-likeness (QED) is 0.253. The predicted molar refractivity (Wildman–Crippen MR) is 116 cm³/mol. The number of hydrogen-bond acceptors (Lipinski definition) is 4. The Kier molecular flexibility index (Phi) is 7.75. The number of anilines is 1. The van der Waals surface area contributed by atoms with E-state index in [0.717, 1.165) is 48.2 Å². The van der Waals surface area contributed by atoms with Crippen LogP contribution < -0.4 is 14.8 Å². The Morgan fingerprint density at radius 1 is 0.943 bits per heavy atom. The van der Waals surface area contributed by atoms with Gasteiger partial charge in [0.15, 0.2) is 0 Å². The lowest BCUT2D eigenvalue weighted by molar-refractivity contribution is -0.274. The molecular weight excluding hydrogens is 527 g/mol. The van der Waals surface area contributed by atoms with Crippen molar-refractivity contribution in [1.82, 2.24) is 0 Å². The van der Waals surface area contributed by atoms with Crippen LogP contribution in [0.3, 0.4) is 0 Å². The molecule has 0 aliphatic carbocycles.